The van der Waals surface area contributed by atoms with E-state index in [0.29, 0.717) is 17.2 Å². The van der Waals surface area contributed by atoms with Crippen molar-refractivity contribution in [2.45, 2.75) is 25.2 Å². The topological polar surface area (TPSA) is 97.4 Å². The normalized spacial score (nSPS) is 11.2. The first-order chi connectivity index (χ1) is 10.4. The van der Waals surface area contributed by atoms with E-state index < -0.39 is 16.1 Å². The van der Waals surface area contributed by atoms with Crippen LogP contribution in [0.15, 0.2) is 16.3 Å². The number of carbonyl (C=O) groups is 1. The van der Waals surface area contributed by atoms with Crippen molar-refractivity contribution < 1.29 is 17.9 Å². The van der Waals surface area contributed by atoms with Gasteiger partial charge in [-0.25, -0.2) is 22.9 Å². The number of carbonyl (C=O) groups excluding carboxylic acids is 1. The molecule has 0 aliphatic carbocycles. The van der Waals surface area contributed by atoms with Gasteiger partial charge in [-0.05, 0) is 19.4 Å². The number of thiophene rings is 1. The van der Waals surface area contributed by atoms with Crippen molar-refractivity contribution in [3.8, 4) is 5.06 Å². The van der Waals surface area contributed by atoms with Gasteiger partial charge < -0.3 is 4.74 Å². The highest BCUT2D eigenvalue weighted by molar-refractivity contribution is 7.90. The summed E-state index contributed by atoms with van der Waals surface area (Å²) in [5, 5.41) is 4.76. The summed E-state index contributed by atoms with van der Waals surface area (Å²) in [5.41, 5.74) is 0.708. The van der Waals surface area contributed by atoms with Crippen LogP contribution < -0.4 is 14.8 Å². The molecule has 0 aliphatic rings. The Labute approximate surface area is 136 Å². The fourth-order valence-corrected chi connectivity index (χ4v) is 4.54. The number of thiazole rings is 1. The van der Waals surface area contributed by atoms with Crippen LogP contribution in [-0.4, -0.2) is 26.5 Å². The highest BCUT2D eigenvalue weighted by Gasteiger charge is 2.20. The van der Waals surface area contributed by atoms with E-state index in [1.54, 1.807) is 6.92 Å². The van der Waals surface area contributed by atoms with Gasteiger partial charge in [-0.1, -0.05) is 18.3 Å². The van der Waals surface area contributed by atoms with Crippen LogP contribution in [0.2, 0.25) is 0 Å². The first kappa shape index (κ1) is 16.7. The van der Waals surface area contributed by atoms with Crippen LogP contribution in [-0.2, 0) is 16.4 Å². The van der Waals surface area contributed by atoms with E-state index in [0.717, 1.165) is 16.2 Å². The van der Waals surface area contributed by atoms with Gasteiger partial charge >= 0.3 is 6.03 Å². The zero-order valence-corrected chi connectivity index (χ0v) is 14.6. The van der Waals surface area contributed by atoms with Crippen molar-refractivity contribution in [1.29, 1.82) is 0 Å². The number of urea groups is 1. The molecule has 2 aromatic heterocycles. The van der Waals surface area contributed by atoms with Crippen LogP contribution in [0, 0.1) is 6.92 Å². The molecule has 120 valence electrons. The molecule has 0 unspecified atom stereocenters. The third-order valence-corrected chi connectivity index (χ3v) is 5.94. The summed E-state index contributed by atoms with van der Waals surface area (Å²) in [4.78, 5) is 16.9. The number of aryl methyl sites for hydroxylation is 2. The molecule has 0 fully saturated rings. The molecule has 2 heterocycles. The minimum absolute atomic E-state index is 0.0658. The highest BCUT2D eigenvalue weighted by atomic mass is 32.2. The number of hydrogen-bond acceptors (Lipinski definition) is 7. The van der Waals surface area contributed by atoms with Gasteiger partial charge in [0, 0.05) is 10.3 Å². The van der Waals surface area contributed by atoms with Crippen molar-refractivity contribution in [2.75, 3.05) is 12.4 Å². The first-order valence-corrected chi connectivity index (χ1v) is 9.46. The number of hydrogen-bond donors (Lipinski definition) is 2. The second-order valence-electron chi connectivity index (χ2n) is 4.26. The number of rotatable bonds is 5. The molecule has 2 N–H and O–H groups in total. The molecule has 0 saturated heterocycles. The van der Waals surface area contributed by atoms with Crippen molar-refractivity contribution in [2.24, 2.45) is 0 Å². The second kappa shape index (κ2) is 6.63. The van der Waals surface area contributed by atoms with Crippen LogP contribution in [0.25, 0.3) is 0 Å². The van der Waals surface area contributed by atoms with Gasteiger partial charge in [0.05, 0.1) is 17.7 Å². The van der Waals surface area contributed by atoms with Crippen LogP contribution in [0.1, 0.15) is 17.5 Å². The zero-order valence-electron chi connectivity index (χ0n) is 12.2. The summed E-state index contributed by atoms with van der Waals surface area (Å²) in [5.74, 6) is 0. The summed E-state index contributed by atoms with van der Waals surface area (Å²) in [6.07, 6.45) is 0.648. The molecule has 2 amide bonds. The fourth-order valence-electron chi connectivity index (χ4n) is 1.64. The number of sulfonamides is 1. The Morgan fingerprint density at radius 2 is 2.18 bits per heavy atom. The van der Waals surface area contributed by atoms with E-state index in [9.17, 15) is 13.2 Å². The number of nitrogens with one attached hydrogen (secondary N) is 2. The second-order valence-corrected chi connectivity index (χ2v) is 8.02. The molecule has 22 heavy (non-hydrogen) atoms. The molecule has 10 heteroatoms. The predicted molar refractivity (Wildman–Crippen MR) is 86.4 cm³/mol. The van der Waals surface area contributed by atoms with Crippen LogP contribution >= 0.6 is 22.7 Å². The summed E-state index contributed by atoms with van der Waals surface area (Å²) < 4.78 is 31.1. The molecular formula is C12H15N3O4S3. The Morgan fingerprint density at radius 1 is 1.45 bits per heavy atom. The zero-order chi connectivity index (χ0) is 16.3. The SMILES string of the molecule is CCc1nc(NC(=O)NS(=O)(=O)c2csc(C)c2)sc1OC. The number of methoxy groups -OCH3 is 1. The third-order valence-electron chi connectivity index (χ3n) is 2.65. The van der Waals surface area contributed by atoms with Gasteiger partial charge in [-0.15, -0.1) is 11.3 Å². The van der Waals surface area contributed by atoms with Gasteiger partial charge in [0.1, 0.15) is 0 Å². The number of aromatic nitrogens is 1. The van der Waals surface area contributed by atoms with Crippen LogP contribution in [0.3, 0.4) is 0 Å². The molecular weight excluding hydrogens is 346 g/mol. The number of nitrogens with zero attached hydrogens (tertiary/aromatic N) is 1. The molecule has 0 bridgehead atoms. The van der Waals surface area contributed by atoms with Crippen molar-refractivity contribution in [3.63, 3.8) is 0 Å². The lowest BCUT2D eigenvalue weighted by atomic mass is 10.4. The largest absolute Gasteiger partial charge is 0.486 e. The van der Waals surface area contributed by atoms with Crippen LogP contribution in [0.5, 0.6) is 5.06 Å². The van der Waals surface area contributed by atoms with Gasteiger partial charge in [0.15, 0.2) is 10.2 Å². The Morgan fingerprint density at radius 3 is 2.68 bits per heavy atom. The average Bonchev–Trinajstić information content (AvgIpc) is 3.04. The predicted octanol–water partition coefficient (Wildman–Crippen LogP) is 2.59. The lowest BCUT2D eigenvalue weighted by molar-refractivity contribution is 0.256. The molecule has 2 rings (SSSR count). The van der Waals surface area contributed by atoms with Gasteiger partial charge in [-0.2, -0.15) is 0 Å². The number of ether oxygens (including phenoxy) is 1. The maximum Gasteiger partial charge on any atom is 0.334 e. The molecule has 0 spiro atoms. The molecule has 0 atom stereocenters. The molecule has 0 radical (unpaired) electrons. The third kappa shape index (κ3) is 3.76. The molecule has 0 aromatic carbocycles. The van der Waals surface area contributed by atoms with E-state index in [2.05, 4.69) is 10.3 Å². The van der Waals surface area contributed by atoms with E-state index in [-0.39, 0.29) is 10.0 Å². The Balaban J connectivity index is 2.08. The summed E-state index contributed by atoms with van der Waals surface area (Å²) >= 11 is 2.44. The first-order valence-electron chi connectivity index (χ1n) is 6.28. The fraction of sp³-hybridized carbons (Fsp3) is 0.333. The van der Waals surface area contributed by atoms with Crippen molar-refractivity contribution >= 4 is 43.9 Å². The Kier molecular flexibility index (Phi) is 5.04. The minimum Gasteiger partial charge on any atom is -0.486 e. The molecule has 0 saturated carbocycles. The van der Waals surface area contributed by atoms with E-state index >= 15 is 0 Å². The highest BCUT2D eigenvalue weighted by Crippen LogP contribution is 2.30. The van der Waals surface area contributed by atoms with E-state index in [1.165, 1.54) is 29.9 Å². The van der Waals surface area contributed by atoms with Crippen LogP contribution in [0.4, 0.5) is 9.93 Å². The summed E-state index contributed by atoms with van der Waals surface area (Å²) in [7, 11) is -2.37. The van der Waals surface area contributed by atoms with E-state index in [1.807, 2.05) is 11.6 Å². The monoisotopic (exact) mass is 361 g/mol. The minimum atomic E-state index is -3.88. The lowest BCUT2D eigenvalue weighted by Crippen LogP contribution is -2.34. The molecule has 7 nitrogen and oxygen atoms in total. The Bertz CT molecular complexity index is 758. The summed E-state index contributed by atoms with van der Waals surface area (Å²) in [6.45, 7) is 3.70. The maximum absolute atomic E-state index is 12.0. The molecule has 2 aromatic rings. The Hall–Kier alpha value is -1.65. The summed E-state index contributed by atoms with van der Waals surface area (Å²) in [6, 6.07) is 0.643. The number of anilines is 1. The quantitative estimate of drug-likeness (QED) is 0.853. The average molecular weight is 361 g/mol. The van der Waals surface area contributed by atoms with Gasteiger partial charge in [0.25, 0.3) is 10.0 Å². The standard InChI is InChI=1S/C12H15N3O4S3/c1-4-9-10(19-3)21-12(13-9)14-11(16)15-22(17,18)8-5-7(2)20-6-8/h5-6H,4H2,1-3H3,(H2,13,14,15,16). The smallest absolute Gasteiger partial charge is 0.334 e. The van der Waals surface area contributed by atoms with E-state index in [4.69, 9.17) is 4.74 Å². The van der Waals surface area contributed by atoms with Gasteiger partial charge in [0.2, 0.25) is 0 Å². The lowest BCUT2D eigenvalue weighted by Gasteiger charge is -2.05. The number of amides is 2. The van der Waals surface area contributed by atoms with Crippen molar-refractivity contribution in [3.05, 3.63) is 22.0 Å². The molecule has 0 aliphatic heterocycles. The van der Waals surface area contributed by atoms with Gasteiger partial charge in [-0.3, -0.25) is 5.32 Å². The van der Waals surface area contributed by atoms with Crippen molar-refractivity contribution in [1.82, 2.24) is 9.71 Å². The maximum atomic E-state index is 12.0.